The molecule has 0 heterocycles. The summed E-state index contributed by atoms with van der Waals surface area (Å²) in [6.07, 6.45) is 0. The van der Waals surface area contributed by atoms with E-state index < -0.39 is 0 Å². The second-order valence-corrected chi connectivity index (χ2v) is 7.03. The first-order valence-electron chi connectivity index (χ1n) is 8.66. The van der Waals surface area contributed by atoms with Crippen LogP contribution < -0.4 is 20.1 Å². The number of nitrogens with zero attached hydrogens (tertiary/aromatic N) is 1. The number of amides is 3. The maximum Gasteiger partial charge on any atom is 0.286 e. The van der Waals surface area contributed by atoms with E-state index in [1.807, 2.05) is 0 Å². The van der Waals surface area contributed by atoms with E-state index in [9.17, 15) is 14.4 Å². The highest BCUT2D eigenvalue weighted by molar-refractivity contribution is 8.13. The van der Waals surface area contributed by atoms with Crippen LogP contribution in [-0.2, 0) is 4.79 Å². The molecule has 3 amide bonds. The van der Waals surface area contributed by atoms with Crippen molar-refractivity contribution in [1.82, 2.24) is 10.2 Å². The van der Waals surface area contributed by atoms with Gasteiger partial charge >= 0.3 is 0 Å². The Hall–Kier alpha value is -3.20. The Morgan fingerprint density at radius 1 is 1.07 bits per heavy atom. The van der Waals surface area contributed by atoms with Gasteiger partial charge in [0.2, 0.25) is 0 Å². The second kappa shape index (κ2) is 10.4. The van der Waals surface area contributed by atoms with Crippen LogP contribution in [0.5, 0.6) is 11.5 Å². The summed E-state index contributed by atoms with van der Waals surface area (Å²) in [5.74, 6) is 0.0222. The highest BCUT2D eigenvalue weighted by Crippen LogP contribution is 2.31. The van der Waals surface area contributed by atoms with Crippen LogP contribution in [0.1, 0.15) is 10.4 Å². The standard InChI is InChI=1S/C20H23N3O5S/c1-21-18(24)12-28-15-10-9-13(11-16(15)27-4)19(25)22-14-7-5-6-8-17(14)29-20(26)23(2)3/h5-11H,12H2,1-4H3,(H,21,24)(H,22,25). The molecule has 0 unspecified atom stereocenters. The molecule has 0 radical (unpaired) electrons. The third-order valence-corrected chi connectivity index (χ3v) is 4.88. The number of likely N-dealkylation sites (N-methyl/N-ethyl adjacent to an activating group) is 1. The molecule has 2 aromatic carbocycles. The van der Waals surface area contributed by atoms with Crippen LogP contribution in [0.4, 0.5) is 10.5 Å². The maximum atomic E-state index is 12.7. The molecule has 0 aliphatic rings. The predicted molar refractivity (Wildman–Crippen MR) is 112 cm³/mol. The molecule has 2 aromatic rings. The topological polar surface area (TPSA) is 97.0 Å². The summed E-state index contributed by atoms with van der Waals surface area (Å²) in [6, 6.07) is 11.7. The lowest BCUT2D eigenvalue weighted by Crippen LogP contribution is -2.25. The lowest BCUT2D eigenvalue weighted by atomic mass is 10.2. The van der Waals surface area contributed by atoms with Crippen molar-refractivity contribution >= 4 is 34.5 Å². The van der Waals surface area contributed by atoms with Crippen LogP contribution >= 0.6 is 11.8 Å². The van der Waals surface area contributed by atoms with Gasteiger partial charge in [-0.15, -0.1) is 0 Å². The van der Waals surface area contributed by atoms with Gasteiger partial charge in [-0.05, 0) is 42.1 Å². The van der Waals surface area contributed by atoms with Crippen molar-refractivity contribution in [2.24, 2.45) is 0 Å². The lowest BCUT2D eigenvalue weighted by Gasteiger charge is -2.14. The van der Waals surface area contributed by atoms with Gasteiger partial charge in [0.15, 0.2) is 18.1 Å². The van der Waals surface area contributed by atoms with E-state index in [-0.39, 0.29) is 23.7 Å². The zero-order valence-corrected chi connectivity index (χ0v) is 17.5. The van der Waals surface area contributed by atoms with Gasteiger partial charge in [-0.2, -0.15) is 0 Å². The molecule has 0 aliphatic heterocycles. The van der Waals surface area contributed by atoms with Gasteiger partial charge in [0, 0.05) is 31.6 Å². The van der Waals surface area contributed by atoms with Gasteiger partial charge in [0.05, 0.1) is 12.8 Å². The first-order valence-corrected chi connectivity index (χ1v) is 9.48. The summed E-state index contributed by atoms with van der Waals surface area (Å²) >= 11 is 1.03. The maximum absolute atomic E-state index is 12.7. The van der Waals surface area contributed by atoms with Gasteiger partial charge in [0.25, 0.3) is 17.1 Å². The average molecular weight is 417 g/mol. The van der Waals surface area contributed by atoms with Gasteiger partial charge in [-0.1, -0.05) is 12.1 Å². The Balaban J connectivity index is 2.17. The van der Waals surface area contributed by atoms with Crippen molar-refractivity contribution in [3.8, 4) is 11.5 Å². The molecule has 2 N–H and O–H groups in total. The number of hydrogen-bond donors (Lipinski definition) is 2. The number of ether oxygens (including phenoxy) is 2. The van der Waals surface area contributed by atoms with Gasteiger partial charge in [-0.25, -0.2) is 0 Å². The lowest BCUT2D eigenvalue weighted by molar-refractivity contribution is -0.122. The Bertz CT molecular complexity index is 901. The molecule has 0 spiro atoms. The third-order valence-electron chi connectivity index (χ3n) is 3.76. The molecule has 8 nitrogen and oxygen atoms in total. The first kappa shape index (κ1) is 22.1. The minimum atomic E-state index is -0.369. The van der Waals surface area contributed by atoms with Crippen LogP contribution in [0.15, 0.2) is 47.4 Å². The number of hydrogen-bond acceptors (Lipinski definition) is 6. The number of methoxy groups -OCH3 is 1. The molecule has 9 heteroatoms. The molecule has 0 atom stereocenters. The van der Waals surface area contributed by atoms with E-state index in [1.54, 1.807) is 50.5 Å². The number of benzene rings is 2. The smallest absolute Gasteiger partial charge is 0.286 e. The summed E-state index contributed by atoms with van der Waals surface area (Å²) in [6.45, 7) is -0.164. The fraction of sp³-hybridized carbons (Fsp3) is 0.250. The molecule has 0 aromatic heterocycles. The number of para-hydroxylation sites is 1. The minimum absolute atomic E-state index is 0.147. The summed E-state index contributed by atoms with van der Waals surface area (Å²) in [5, 5.41) is 5.12. The molecule has 0 fully saturated rings. The van der Waals surface area contributed by atoms with Crippen molar-refractivity contribution in [3.05, 3.63) is 48.0 Å². The largest absolute Gasteiger partial charge is 0.493 e. The monoisotopic (exact) mass is 417 g/mol. The Morgan fingerprint density at radius 2 is 1.79 bits per heavy atom. The van der Waals surface area contributed by atoms with Crippen LogP contribution in [0, 0.1) is 0 Å². The minimum Gasteiger partial charge on any atom is -0.493 e. The van der Waals surface area contributed by atoms with E-state index >= 15 is 0 Å². The van der Waals surface area contributed by atoms with Crippen LogP contribution in [0.3, 0.4) is 0 Å². The average Bonchev–Trinajstić information content (AvgIpc) is 2.72. The van der Waals surface area contributed by atoms with Gasteiger partial charge in [-0.3, -0.25) is 14.4 Å². The van der Waals surface area contributed by atoms with Crippen molar-refractivity contribution in [3.63, 3.8) is 0 Å². The molecule has 2 rings (SSSR count). The fourth-order valence-electron chi connectivity index (χ4n) is 2.18. The summed E-state index contributed by atoms with van der Waals surface area (Å²) in [4.78, 5) is 38.1. The van der Waals surface area contributed by atoms with Gasteiger partial charge < -0.3 is 25.0 Å². The van der Waals surface area contributed by atoms with E-state index in [1.165, 1.54) is 25.1 Å². The second-order valence-electron chi connectivity index (χ2n) is 6.04. The molecule has 154 valence electrons. The molecular formula is C20H23N3O5S. The number of nitrogens with one attached hydrogen (secondary N) is 2. The van der Waals surface area contributed by atoms with Crippen LogP contribution in [0.2, 0.25) is 0 Å². The highest BCUT2D eigenvalue weighted by atomic mass is 32.2. The molecular weight excluding hydrogens is 394 g/mol. The van der Waals surface area contributed by atoms with E-state index in [0.717, 1.165) is 11.8 Å². The zero-order valence-electron chi connectivity index (χ0n) is 16.6. The Labute approximate surface area is 173 Å². The van der Waals surface area contributed by atoms with Crippen LogP contribution in [0.25, 0.3) is 0 Å². The molecule has 0 saturated carbocycles. The van der Waals surface area contributed by atoms with Crippen molar-refractivity contribution in [1.29, 1.82) is 0 Å². The quantitative estimate of drug-likeness (QED) is 0.673. The number of carbonyl (C=O) groups excluding carboxylic acids is 3. The van der Waals surface area contributed by atoms with Gasteiger partial charge in [0.1, 0.15) is 0 Å². The highest BCUT2D eigenvalue weighted by Gasteiger charge is 2.15. The third kappa shape index (κ3) is 6.15. The van der Waals surface area contributed by atoms with E-state index in [4.69, 9.17) is 9.47 Å². The Kier molecular flexibility index (Phi) is 7.90. The fourth-order valence-corrected chi connectivity index (χ4v) is 2.93. The number of rotatable bonds is 7. The van der Waals surface area contributed by atoms with Crippen molar-refractivity contribution in [2.75, 3.05) is 40.2 Å². The number of thioether (sulfide) groups is 1. The van der Waals surface area contributed by atoms with Crippen molar-refractivity contribution in [2.45, 2.75) is 4.90 Å². The Morgan fingerprint density at radius 3 is 2.45 bits per heavy atom. The molecule has 29 heavy (non-hydrogen) atoms. The SMILES string of the molecule is CNC(=O)COc1ccc(C(=O)Nc2ccccc2SC(=O)N(C)C)cc1OC. The summed E-state index contributed by atoms with van der Waals surface area (Å²) in [7, 11) is 6.29. The van der Waals surface area contributed by atoms with Crippen LogP contribution in [-0.4, -0.2) is 56.8 Å². The first-order chi connectivity index (χ1) is 13.8. The summed E-state index contributed by atoms with van der Waals surface area (Å²) in [5.41, 5.74) is 0.865. The molecule has 0 bridgehead atoms. The number of anilines is 1. The normalized spacial score (nSPS) is 10.1. The molecule has 0 aliphatic carbocycles. The predicted octanol–water partition coefficient (Wildman–Crippen LogP) is 2.85. The van der Waals surface area contributed by atoms with Crippen molar-refractivity contribution < 1.29 is 23.9 Å². The van der Waals surface area contributed by atoms with E-state index in [2.05, 4.69) is 10.6 Å². The zero-order chi connectivity index (χ0) is 21.4. The van der Waals surface area contributed by atoms with E-state index in [0.29, 0.717) is 27.6 Å². The molecule has 0 saturated heterocycles. The number of carbonyl (C=O) groups is 3. The summed E-state index contributed by atoms with van der Waals surface area (Å²) < 4.78 is 10.7.